The highest BCUT2D eigenvalue weighted by molar-refractivity contribution is 5.63. The summed E-state index contributed by atoms with van der Waals surface area (Å²) in [5.74, 6) is 0. The number of nitrogens with zero attached hydrogens (tertiary/aromatic N) is 2. The van der Waals surface area contributed by atoms with Gasteiger partial charge in [0.05, 0.1) is 4.92 Å². The largest absolute Gasteiger partial charge is 0.357 e. The minimum absolute atomic E-state index is 0.129. The van der Waals surface area contributed by atoms with E-state index < -0.39 is 0 Å². The van der Waals surface area contributed by atoms with Crippen LogP contribution in [0.1, 0.15) is 11.1 Å². The zero-order valence-corrected chi connectivity index (χ0v) is 13.2. The first-order valence-corrected chi connectivity index (χ1v) is 7.80. The van der Waals surface area contributed by atoms with E-state index in [0.717, 1.165) is 11.1 Å². The Kier molecular flexibility index (Phi) is 4.87. The van der Waals surface area contributed by atoms with E-state index in [-0.39, 0.29) is 10.6 Å². The van der Waals surface area contributed by atoms with Crippen LogP contribution < -0.4 is 4.90 Å². The predicted octanol–water partition coefficient (Wildman–Crippen LogP) is 4.80. The number of nitro groups is 1. The maximum atomic E-state index is 11.4. The van der Waals surface area contributed by atoms with Gasteiger partial charge >= 0.3 is 0 Å². The molecule has 0 N–H and O–H groups in total. The molecule has 0 saturated carbocycles. The summed E-state index contributed by atoms with van der Waals surface area (Å²) in [7, 11) is 0. The van der Waals surface area contributed by atoms with Crippen LogP contribution in [0.25, 0.3) is 0 Å². The van der Waals surface area contributed by atoms with Gasteiger partial charge in [-0.2, -0.15) is 0 Å². The number of benzene rings is 3. The van der Waals surface area contributed by atoms with Crippen molar-refractivity contribution in [2.45, 2.75) is 13.1 Å². The summed E-state index contributed by atoms with van der Waals surface area (Å²) in [4.78, 5) is 13.1. The van der Waals surface area contributed by atoms with E-state index in [0.29, 0.717) is 18.8 Å². The van der Waals surface area contributed by atoms with E-state index in [1.54, 1.807) is 12.1 Å². The third-order valence-corrected chi connectivity index (χ3v) is 3.85. The molecular weight excluding hydrogens is 300 g/mol. The van der Waals surface area contributed by atoms with Gasteiger partial charge in [0.15, 0.2) is 0 Å². The van der Waals surface area contributed by atoms with Crippen LogP contribution in [0, 0.1) is 10.1 Å². The maximum absolute atomic E-state index is 11.4. The molecule has 3 aromatic carbocycles. The summed E-state index contributed by atoms with van der Waals surface area (Å²) in [6, 6.07) is 26.9. The molecule has 120 valence electrons. The summed E-state index contributed by atoms with van der Waals surface area (Å²) in [5.41, 5.74) is 3.00. The Morgan fingerprint density at radius 1 is 0.708 bits per heavy atom. The second-order valence-corrected chi connectivity index (χ2v) is 5.57. The van der Waals surface area contributed by atoms with Gasteiger partial charge in [-0.3, -0.25) is 10.1 Å². The highest BCUT2D eigenvalue weighted by Crippen LogP contribution is 2.30. The van der Waals surface area contributed by atoms with Gasteiger partial charge < -0.3 is 4.90 Å². The van der Waals surface area contributed by atoms with Crippen molar-refractivity contribution in [3.63, 3.8) is 0 Å². The minimum Gasteiger partial charge on any atom is -0.357 e. The van der Waals surface area contributed by atoms with Crippen LogP contribution in [0.4, 0.5) is 11.4 Å². The van der Waals surface area contributed by atoms with Gasteiger partial charge in [0.1, 0.15) is 5.69 Å². The lowest BCUT2D eigenvalue weighted by atomic mass is 10.1. The molecule has 4 nitrogen and oxygen atoms in total. The van der Waals surface area contributed by atoms with Gasteiger partial charge in [-0.25, -0.2) is 0 Å². The molecule has 0 radical (unpaired) electrons. The minimum atomic E-state index is -0.321. The normalized spacial score (nSPS) is 10.3. The monoisotopic (exact) mass is 318 g/mol. The number of rotatable bonds is 6. The number of para-hydroxylation sites is 2. The van der Waals surface area contributed by atoms with Crippen molar-refractivity contribution in [3.05, 3.63) is 106 Å². The maximum Gasteiger partial charge on any atom is 0.292 e. The Morgan fingerprint density at radius 2 is 1.17 bits per heavy atom. The average Bonchev–Trinajstić information content (AvgIpc) is 2.63. The Labute approximate surface area is 141 Å². The fourth-order valence-electron chi connectivity index (χ4n) is 2.72. The van der Waals surface area contributed by atoms with Crippen LogP contribution in [-0.2, 0) is 13.1 Å². The van der Waals surface area contributed by atoms with E-state index in [1.165, 1.54) is 0 Å². The molecule has 3 aromatic rings. The standard InChI is InChI=1S/C20H18N2O2/c23-22(24)20-14-8-7-13-19(20)21(15-17-9-3-1-4-10-17)16-18-11-5-2-6-12-18/h1-14H,15-16H2. The number of anilines is 1. The molecule has 4 heteroatoms. The van der Waals surface area contributed by atoms with Crippen molar-refractivity contribution in [2.75, 3.05) is 4.90 Å². The van der Waals surface area contributed by atoms with Crippen molar-refractivity contribution in [2.24, 2.45) is 0 Å². The first kappa shape index (κ1) is 15.7. The Balaban J connectivity index is 1.97. The molecule has 0 bridgehead atoms. The predicted molar refractivity (Wildman–Crippen MR) is 95.9 cm³/mol. The van der Waals surface area contributed by atoms with Crippen LogP contribution in [0.3, 0.4) is 0 Å². The van der Waals surface area contributed by atoms with Gasteiger partial charge in [-0.05, 0) is 17.2 Å². The third kappa shape index (κ3) is 3.79. The van der Waals surface area contributed by atoms with Crippen LogP contribution in [0.15, 0.2) is 84.9 Å². The molecule has 0 amide bonds. The number of nitro benzene ring substituents is 1. The number of hydrogen-bond donors (Lipinski definition) is 0. The highest BCUT2D eigenvalue weighted by Gasteiger charge is 2.19. The quantitative estimate of drug-likeness (QED) is 0.484. The Morgan fingerprint density at radius 3 is 1.67 bits per heavy atom. The van der Waals surface area contributed by atoms with Crippen molar-refractivity contribution in [1.29, 1.82) is 0 Å². The van der Waals surface area contributed by atoms with Gasteiger partial charge in [0.2, 0.25) is 0 Å². The van der Waals surface area contributed by atoms with Crippen molar-refractivity contribution in [1.82, 2.24) is 0 Å². The highest BCUT2D eigenvalue weighted by atomic mass is 16.6. The van der Waals surface area contributed by atoms with Crippen molar-refractivity contribution >= 4 is 11.4 Å². The first-order valence-electron chi connectivity index (χ1n) is 7.80. The van der Waals surface area contributed by atoms with E-state index >= 15 is 0 Å². The summed E-state index contributed by atoms with van der Waals surface area (Å²) >= 11 is 0. The summed E-state index contributed by atoms with van der Waals surface area (Å²) in [5, 5.41) is 11.4. The zero-order chi connectivity index (χ0) is 16.8. The van der Waals surface area contributed by atoms with E-state index in [1.807, 2.05) is 77.7 Å². The lowest BCUT2D eigenvalue weighted by Gasteiger charge is -2.25. The fourth-order valence-corrected chi connectivity index (χ4v) is 2.72. The molecule has 0 aromatic heterocycles. The molecule has 0 aliphatic heterocycles. The van der Waals surface area contributed by atoms with Gasteiger partial charge in [0.25, 0.3) is 5.69 Å². The van der Waals surface area contributed by atoms with Crippen LogP contribution in [0.2, 0.25) is 0 Å². The molecule has 0 atom stereocenters. The van der Waals surface area contributed by atoms with E-state index in [2.05, 4.69) is 0 Å². The summed E-state index contributed by atoms with van der Waals surface area (Å²) < 4.78 is 0. The molecule has 24 heavy (non-hydrogen) atoms. The molecule has 0 aliphatic rings. The summed E-state index contributed by atoms with van der Waals surface area (Å²) in [6.45, 7) is 1.22. The average molecular weight is 318 g/mol. The second kappa shape index (κ2) is 7.42. The van der Waals surface area contributed by atoms with Crippen LogP contribution in [0.5, 0.6) is 0 Å². The van der Waals surface area contributed by atoms with Crippen LogP contribution in [-0.4, -0.2) is 4.92 Å². The molecule has 0 aliphatic carbocycles. The van der Waals surface area contributed by atoms with Gasteiger partial charge in [-0.15, -0.1) is 0 Å². The van der Waals surface area contributed by atoms with Gasteiger partial charge in [-0.1, -0.05) is 72.8 Å². The first-order chi connectivity index (χ1) is 11.7. The van der Waals surface area contributed by atoms with Crippen molar-refractivity contribution in [3.8, 4) is 0 Å². The third-order valence-electron chi connectivity index (χ3n) is 3.85. The lowest BCUT2D eigenvalue weighted by molar-refractivity contribution is -0.384. The smallest absolute Gasteiger partial charge is 0.292 e. The zero-order valence-electron chi connectivity index (χ0n) is 13.2. The number of hydrogen-bond acceptors (Lipinski definition) is 3. The molecule has 0 heterocycles. The molecule has 0 unspecified atom stereocenters. The molecular formula is C20H18N2O2. The molecule has 3 rings (SSSR count). The Bertz CT molecular complexity index is 763. The molecule has 0 fully saturated rings. The van der Waals surface area contributed by atoms with E-state index in [4.69, 9.17) is 0 Å². The van der Waals surface area contributed by atoms with Gasteiger partial charge in [0, 0.05) is 19.2 Å². The van der Waals surface area contributed by atoms with E-state index in [9.17, 15) is 10.1 Å². The molecule has 0 saturated heterocycles. The van der Waals surface area contributed by atoms with Crippen LogP contribution >= 0.6 is 0 Å². The topological polar surface area (TPSA) is 46.4 Å². The second-order valence-electron chi connectivity index (χ2n) is 5.57. The van der Waals surface area contributed by atoms with Crippen molar-refractivity contribution < 1.29 is 4.92 Å². The lowest BCUT2D eigenvalue weighted by Crippen LogP contribution is -2.23. The summed E-state index contributed by atoms with van der Waals surface area (Å²) in [6.07, 6.45) is 0. The molecule has 0 spiro atoms. The fraction of sp³-hybridized carbons (Fsp3) is 0.100. The Hall–Kier alpha value is -3.14. The SMILES string of the molecule is O=[N+]([O-])c1ccccc1N(Cc1ccccc1)Cc1ccccc1.